The average Bonchev–Trinajstić information content (AvgIpc) is 2.49. The summed E-state index contributed by atoms with van der Waals surface area (Å²) in [5.74, 6) is 1.00. The van der Waals surface area contributed by atoms with Gasteiger partial charge >= 0.3 is 0 Å². The van der Waals surface area contributed by atoms with Gasteiger partial charge in [0, 0.05) is 25.3 Å². The summed E-state index contributed by atoms with van der Waals surface area (Å²) < 4.78 is 0. The van der Waals surface area contributed by atoms with Crippen molar-refractivity contribution in [2.24, 2.45) is 0 Å². The van der Waals surface area contributed by atoms with E-state index in [4.69, 9.17) is 0 Å². The van der Waals surface area contributed by atoms with Crippen LogP contribution in [0.1, 0.15) is 24.0 Å². The molecular weight excluding hydrogens is 258 g/mol. The smallest absolute Gasteiger partial charge is 0.126 e. The molecule has 1 aromatic heterocycles. The normalized spacial score (nSPS) is 19.4. The Balaban J connectivity index is 1.58. The Bertz CT molecular complexity index is 568. The lowest BCUT2D eigenvalue weighted by Gasteiger charge is -2.33. The Hall–Kier alpha value is -1.87. The molecular formula is C18H23N3. The second-order valence-electron chi connectivity index (χ2n) is 5.92. The van der Waals surface area contributed by atoms with Gasteiger partial charge in [0.1, 0.15) is 5.82 Å². The SMILES string of the molecule is Cc1ccnc(NC2CCCN(Cc3ccccc3)C2)c1. The summed E-state index contributed by atoms with van der Waals surface area (Å²) in [6, 6.07) is 15.4. The topological polar surface area (TPSA) is 28.2 Å². The number of likely N-dealkylation sites (tertiary alicyclic amines) is 1. The highest BCUT2D eigenvalue weighted by molar-refractivity contribution is 5.38. The van der Waals surface area contributed by atoms with Crippen molar-refractivity contribution >= 4 is 5.82 Å². The summed E-state index contributed by atoms with van der Waals surface area (Å²) >= 11 is 0. The maximum absolute atomic E-state index is 4.41. The largest absolute Gasteiger partial charge is 0.366 e. The quantitative estimate of drug-likeness (QED) is 0.930. The van der Waals surface area contributed by atoms with Crippen LogP contribution in [0, 0.1) is 6.92 Å². The van der Waals surface area contributed by atoms with Gasteiger partial charge in [0.25, 0.3) is 0 Å². The molecule has 0 aliphatic carbocycles. The van der Waals surface area contributed by atoms with E-state index in [-0.39, 0.29) is 0 Å². The highest BCUT2D eigenvalue weighted by atomic mass is 15.2. The van der Waals surface area contributed by atoms with E-state index in [9.17, 15) is 0 Å². The second-order valence-corrected chi connectivity index (χ2v) is 5.92. The molecule has 110 valence electrons. The van der Waals surface area contributed by atoms with Crippen LogP contribution in [0.2, 0.25) is 0 Å². The number of nitrogens with zero attached hydrogens (tertiary/aromatic N) is 2. The monoisotopic (exact) mass is 281 g/mol. The van der Waals surface area contributed by atoms with Crippen LogP contribution in [-0.2, 0) is 6.54 Å². The molecule has 2 heterocycles. The molecule has 0 spiro atoms. The molecule has 0 bridgehead atoms. The van der Waals surface area contributed by atoms with Crippen LogP contribution in [-0.4, -0.2) is 29.0 Å². The van der Waals surface area contributed by atoms with Crippen molar-refractivity contribution in [1.82, 2.24) is 9.88 Å². The number of aromatic nitrogens is 1. The Morgan fingerprint density at radius 1 is 1.24 bits per heavy atom. The summed E-state index contributed by atoms with van der Waals surface area (Å²) in [5, 5.41) is 3.58. The zero-order valence-electron chi connectivity index (χ0n) is 12.6. The molecule has 21 heavy (non-hydrogen) atoms. The summed E-state index contributed by atoms with van der Waals surface area (Å²) in [7, 11) is 0. The predicted octanol–water partition coefficient (Wildman–Crippen LogP) is 3.47. The van der Waals surface area contributed by atoms with Gasteiger partial charge in [0.05, 0.1) is 0 Å². The molecule has 0 saturated carbocycles. The van der Waals surface area contributed by atoms with Crippen molar-refractivity contribution in [3.63, 3.8) is 0 Å². The average molecular weight is 281 g/mol. The minimum absolute atomic E-state index is 0.497. The number of aryl methyl sites for hydroxylation is 1. The van der Waals surface area contributed by atoms with Gasteiger partial charge in [-0.25, -0.2) is 4.98 Å². The first-order chi connectivity index (χ1) is 10.3. The molecule has 1 saturated heterocycles. The number of hydrogen-bond donors (Lipinski definition) is 1. The highest BCUT2D eigenvalue weighted by Crippen LogP contribution is 2.17. The number of rotatable bonds is 4. The Morgan fingerprint density at radius 3 is 2.90 bits per heavy atom. The van der Waals surface area contributed by atoms with Crippen LogP contribution < -0.4 is 5.32 Å². The van der Waals surface area contributed by atoms with E-state index in [1.165, 1.54) is 30.5 Å². The molecule has 1 atom stereocenters. The second kappa shape index (κ2) is 6.72. The minimum Gasteiger partial charge on any atom is -0.366 e. The van der Waals surface area contributed by atoms with Crippen LogP contribution in [0.4, 0.5) is 5.82 Å². The molecule has 3 rings (SSSR count). The molecule has 1 aromatic carbocycles. The van der Waals surface area contributed by atoms with Gasteiger partial charge in [-0.1, -0.05) is 30.3 Å². The van der Waals surface area contributed by atoms with Crippen LogP contribution in [0.15, 0.2) is 48.7 Å². The lowest BCUT2D eigenvalue weighted by molar-refractivity contribution is 0.208. The van der Waals surface area contributed by atoms with Crippen LogP contribution in [0.5, 0.6) is 0 Å². The van der Waals surface area contributed by atoms with Gasteiger partial charge in [0.15, 0.2) is 0 Å². The third-order valence-electron chi connectivity index (χ3n) is 4.02. The first kappa shape index (κ1) is 14.1. The van der Waals surface area contributed by atoms with E-state index >= 15 is 0 Å². The minimum atomic E-state index is 0.497. The molecule has 2 aromatic rings. The number of nitrogens with one attached hydrogen (secondary N) is 1. The van der Waals surface area contributed by atoms with E-state index < -0.39 is 0 Å². The van der Waals surface area contributed by atoms with E-state index in [0.29, 0.717) is 6.04 Å². The molecule has 1 aliphatic heterocycles. The molecule has 0 radical (unpaired) electrons. The van der Waals surface area contributed by atoms with E-state index in [1.54, 1.807) is 0 Å². The van der Waals surface area contributed by atoms with E-state index in [2.05, 4.69) is 58.5 Å². The van der Waals surface area contributed by atoms with Crippen molar-refractivity contribution in [3.05, 3.63) is 59.8 Å². The van der Waals surface area contributed by atoms with Gasteiger partial charge in [-0.05, 0) is 49.6 Å². The van der Waals surface area contributed by atoms with Gasteiger partial charge in [0.2, 0.25) is 0 Å². The lowest BCUT2D eigenvalue weighted by atomic mass is 10.0. The zero-order valence-corrected chi connectivity index (χ0v) is 12.6. The van der Waals surface area contributed by atoms with Gasteiger partial charge in [-0.2, -0.15) is 0 Å². The van der Waals surface area contributed by atoms with Crippen molar-refractivity contribution in [3.8, 4) is 0 Å². The number of hydrogen-bond acceptors (Lipinski definition) is 3. The third-order valence-corrected chi connectivity index (χ3v) is 4.02. The van der Waals surface area contributed by atoms with Gasteiger partial charge in [-0.3, -0.25) is 4.90 Å². The number of benzene rings is 1. The summed E-state index contributed by atoms with van der Waals surface area (Å²) in [5.41, 5.74) is 2.65. The number of pyridine rings is 1. The molecule has 0 amide bonds. The van der Waals surface area contributed by atoms with Crippen molar-refractivity contribution in [2.75, 3.05) is 18.4 Å². The van der Waals surface area contributed by atoms with Crippen LogP contribution >= 0.6 is 0 Å². The Labute approximate surface area is 127 Å². The molecule has 3 nitrogen and oxygen atoms in total. The Morgan fingerprint density at radius 2 is 2.10 bits per heavy atom. The molecule has 1 aliphatic rings. The fraction of sp³-hybridized carbons (Fsp3) is 0.389. The molecule has 1 N–H and O–H groups in total. The van der Waals surface area contributed by atoms with Crippen molar-refractivity contribution < 1.29 is 0 Å². The van der Waals surface area contributed by atoms with Crippen molar-refractivity contribution in [1.29, 1.82) is 0 Å². The highest BCUT2D eigenvalue weighted by Gasteiger charge is 2.20. The van der Waals surface area contributed by atoms with E-state index in [1.807, 2.05) is 12.3 Å². The fourth-order valence-electron chi connectivity index (χ4n) is 2.98. The fourth-order valence-corrected chi connectivity index (χ4v) is 2.98. The summed E-state index contributed by atoms with van der Waals surface area (Å²) in [4.78, 5) is 6.95. The molecule has 3 heteroatoms. The first-order valence-corrected chi connectivity index (χ1v) is 7.75. The van der Waals surface area contributed by atoms with Gasteiger partial charge < -0.3 is 5.32 Å². The van der Waals surface area contributed by atoms with E-state index in [0.717, 1.165) is 18.9 Å². The molecule has 1 fully saturated rings. The van der Waals surface area contributed by atoms with Crippen molar-refractivity contribution in [2.45, 2.75) is 32.4 Å². The predicted molar refractivity (Wildman–Crippen MR) is 87.3 cm³/mol. The third kappa shape index (κ3) is 4.05. The maximum Gasteiger partial charge on any atom is 0.126 e. The van der Waals surface area contributed by atoms with Gasteiger partial charge in [-0.15, -0.1) is 0 Å². The number of anilines is 1. The zero-order chi connectivity index (χ0) is 14.5. The lowest BCUT2D eigenvalue weighted by Crippen LogP contribution is -2.41. The summed E-state index contributed by atoms with van der Waals surface area (Å²) in [6.45, 7) is 5.43. The van der Waals surface area contributed by atoms with Crippen LogP contribution in [0.3, 0.4) is 0 Å². The molecule has 1 unspecified atom stereocenters. The maximum atomic E-state index is 4.41. The first-order valence-electron chi connectivity index (χ1n) is 7.75. The Kier molecular flexibility index (Phi) is 4.51. The van der Waals surface area contributed by atoms with Crippen LogP contribution in [0.25, 0.3) is 0 Å². The number of piperidine rings is 1. The standard InChI is InChI=1S/C18H23N3/c1-15-9-10-19-18(12-15)20-17-8-5-11-21(14-17)13-16-6-3-2-4-7-16/h2-4,6-7,9-10,12,17H,5,8,11,13-14H2,1H3,(H,19,20). The summed E-state index contributed by atoms with van der Waals surface area (Å²) in [6.07, 6.45) is 4.35.